The topological polar surface area (TPSA) is 73.3 Å². The van der Waals surface area contributed by atoms with Crippen molar-refractivity contribution in [1.82, 2.24) is 5.32 Å². The van der Waals surface area contributed by atoms with Gasteiger partial charge in [0.15, 0.2) is 17.5 Å². The quantitative estimate of drug-likeness (QED) is 0.580. The summed E-state index contributed by atoms with van der Waals surface area (Å²) in [5, 5.41) is 6.61. The number of anilines is 1. The summed E-state index contributed by atoms with van der Waals surface area (Å²) in [6, 6.07) is 5.70. The minimum Gasteiger partial charge on any atom is -0.493 e. The first-order valence-electron chi connectivity index (χ1n) is 8.58. The van der Waals surface area contributed by atoms with Crippen LogP contribution in [0, 0.1) is 0 Å². The van der Waals surface area contributed by atoms with Crippen molar-refractivity contribution in [1.29, 1.82) is 0 Å². The van der Waals surface area contributed by atoms with Gasteiger partial charge in [-0.3, -0.25) is 4.99 Å². The molecule has 1 aromatic carbocycles. The van der Waals surface area contributed by atoms with Gasteiger partial charge < -0.3 is 29.6 Å². The molecule has 0 aliphatic carbocycles. The third-order valence-electron chi connectivity index (χ3n) is 4.36. The second-order valence-corrected chi connectivity index (χ2v) is 5.85. The summed E-state index contributed by atoms with van der Waals surface area (Å²) in [6.45, 7) is 4.64. The SMILES string of the molecule is CCOc1ccc(NC(=NC)NCC2(OC)CCOCC2)cc1OC. The van der Waals surface area contributed by atoms with Gasteiger partial charge in [-0.15, -0.1) is 0 Å². The number of hydrogen-bond donors (Lipinski definition) is 2. The van der Waals surface area contributed by atoms with Crippen molar-refractivity contribution in [3.63, 3.8) is 0 Å². The van der Waals surface area contributed by atoms with E-state index in [0.29, 0.717) is 24.9 Å². The number of nitrogens with zero attached hydrogens (tertiary/aromatic N) is 1. The lowest BCUT2D eigenvalue weighted by Gasteiger charge is -2.36. The highest BCUT2D eigenvalue weighted by atomic mass is 16.5. The molecule has 1 aliphatic heterocycles. The molecule has 7 heteroatoms. The molecule has 0 saturated carbocycles. The van der Waals surface area contributed by atoms with Gasteiger partial charge in [0.1, 0.15) is 0 Å². The van der Waals surface area contributed by atoms with Crippen LogP contribution in [-0.2, 0) is 9.47 Å². The highest BCUT2D eigenvalue weighted by Gasteiger charge is 2.32. The first-order valence-corrected chi connectivity index (χ1v) is 8.58. The summed E-state index contributed by atoms with van der Waals surface area (Å²) >= 11 is 0. The van der Waals surface area contributed by atoms with Crippen molar-refractivity contribution in [3.8, 4) is 11.5 Å². The van der Waals surface area contributed by atoms with Crippen LogP contribution in [0.5, 0.6) is 11.5 Å². The van der Waals surface area contributed by atoms with Gasteiger partial charge >= 0.3 is 0 Å². The van der Waals surface area contributed by atoms with E-state index in [1.54, 1.807) is 21.3 Å². The molecule has 7 nitrogen and oxygen atoms in total. The van der Waals surface area contributed by atoms with Crippen molar-refractivity contribution in [2.45, 2.75) is 25.4 Å². The van der Waals surface area contributed by atoms with Gasteiger partial charge in [0.05, 0.1) is 19.3 Å². The Balaban J connectivity index is 1.99. The monoisotopic (exact) mass is 351 g/mol. The molecule has 25 heavy (non-hydrogen) atoms. The second kappa shape index (κ2) is 9.48. The Morgan fingerprint density at radius 1 is 1.24 bits per heavy atom. The molecule has 1 fully saturated rings. The lowest BCUT2D eigenvalue weighted by Crippen LogP contribution is -2.49. The third-order valence-corrected chi connectivity index (χ3v) is 4.36. The number of nitrogens with one attached hydrogen (secondary N) is 2. The number of methoxy groups -OCH3 is 2. The van der Waals surface area contributed by atoms with Crippen LogP contribution in [0.4, 0.5) is 5.69 Å². The number of guanidine groups is 1. The second-order valence-electron chi connectivity index (χ2n) is 5.85. The predicted molar refractivity (Wildman–Crippen MR) is 98.9 cm³/mol. The molecule has 0 unspecified atom stereocenters. The fourth-order valence-electron chi connectivity index (χ4n) is 2.78. The molecule has 1 aliphatic rings. The molecule has 0 aromatic heterocycles. The van der Waals surface area contributed by atoms with Crippen LogP contribution < -0.4 is 20.1 Å². The number of hydrogen-bond acceptors (Lipinski definition) is 5. The van der Waals surface area contributed by atoms with Crippen molar-refractivity contribution >= 4 is 11.6 Å². The van der Waals surface area contributed by atoms with E-state index in [-0.39, 0.29) is 5.60 Å². The summed E-state index contributed by atoms with van der Waals surface area (Å²) in [5.41, 5.74) is 0.652. The van der Waals surface area contributed by atoms with Crippen LogP contribution >= 0.6 is 0 Å². The number of benzene rings is 1. The van der Waals surface area contributed by atoms with Crippen LogP contribution in [0.25, 0.3) is 0 Å². The zero-order valence-corrected chi connectivity index (χ0v) is 15.6. The molecule has 1 heterocycles. The fraction of sp³-hybridized carbons (Fsp3) is 0.611. The Hall–Kier alpha value is -1.99. The van der Waals surface area contributed by atoms with Crippen LogP contribution in [0.2, 0.25) is 0 Å². The Kier molecular flexibility index (Phi) is 7.33. The van der Waals surface area contributed by atoms with E-state index in [0.717, 1.165) is 37.5 Å². The molecule has 140 valence electrons. The molecule has 1 saturated heterocycles. The first kappa shape index (κ1) is 19.3. The van der Waals surface area contributed by atoms with Crippen molar-refractivity contribution < 1.29 is 18.9 Å². The zero-order valence-electron chi connectivity index (χ0n) is 15.6. The predicted octanol–water partition coefficient (Wildman–Crippen LogP) is 2.28. The van der Waals surface area contributed by atoms with Gasteiger partial charge in [0.25, 0.3) is 0 Å². The molecule has 2 rings (SSSR count). The third kappa shape index (κ3) is 5.24. The van der Waals surface area contributed by atoms with Crippen molar-refractivity contribution in [2.75, 3.05) is 52.9 Å². The molecule has 2 N–H and O–H groups in total. The molecule has 0 atom stereocenters. The molecule has 1 aromatic rings. The summed E-state index contributed by atoms with van der Waals surface area (Å²) in [6.07, 6.45) is 1.73. The highest BCUT2D eigenvalue weighted by molar-refractivity contribution is 5.93. The maximum absolute atomic E-state index is 5.74. The summed E-state index contributed by atoms with van der Waals surface area (Å²) in [7, 11) is 5.12. The van der Waals surface area contributed by atoms with E-state index in [1.165, 1.54) is 0 Å². The van der Waals surface area contributed by atoms with Gasteiger partial charge in [-0.05, 0) is 19.1 Å². The minimum atomic E-state index is -0.216. The van der Waals surface area contributed by atoms with E-state index in [9.17, 15) is 0 Å². The maximum atomic E-state index is 5.74. The van der Waals surface area contributed by atoms with Crippen LogP contribution in [0.1, 0.15) is 19.8 Å². The van der Waals surface area contributed by atoms with Gasteiger partial charge in [0.2, 0.25) is 0 Å². The number of aliphatic imine (C=N–C) groups is 1. The normalized spacial score (nSPS) is 17.0. The summed E-state index contributed by atoms with van der Waals surface area (Å²) in [5.74, 6) is 2.08. The van der Waals surface area contributed by atoms with Gasteiger partial charge in [0, 0.05) is 58.5 Å². The van der Waals surface area contributed by atoms with E-state index >= 15 is 0 Å². The maximum Gasteiger partial charge on any atom is 0.195 e. The number of ether oxygens (including phenoxy) is 4. The largest absolute Gasteiger partial charge is 0.493 e. The Morgan fingerprint density at radius 3 is 2.60 bits per heavy atom. The molecule has 0 spiro atoms. The number of rotatable bonds is 7. The van der Waals surface area contributed by atoms with Crippen molar-refractivity contribution in [2.24, 2.45) is 4.99 Å². The Bertz CT molecular complexity index is 571. The molecular weight excluding hydrogens is 322 g/mol. The average Bonchev–Trinajstić information content (AvgIpc) is 2.67. The Labute approximate surface area is 149 Å². The highest BCUT2D eigenvalue weighted by Crippen LogP contribution is 2.30. The van der Waals surface area contributed by atoms with Crippen LogP contribution in [0.3, 0.4) is 0 Å². The minimum absolute atomic E-state index is 0.216. The van der Waals surface area contributed by atoms with E-state index < -0.39 is 0 Å². The van der Waals surface area contributed by atoms with Crippen LogP contribution in [0.15, 0.2) is 23.2 Å². The van der Waals surface area contributed by atoms with E-state index in [1.807, 2.05) is 25.1 Å². The smallest absolute Gasteiger partial charge is 0.195 e. The first-order chi connectivity index (χ1) is 12.2. The molecular formula is C18H29N3O4. The van der Waals surface area contributed by atoms with Crippen molar-refractivity contribution in [3.05, 3.63) is 18.2 Å². The van der Waals surface area contributed by atoms with E-state index in [2.05, 4.69) is 15.6 Å². The van der Waals surface area contributed by atoms with Crippen LogP contribution in [-0.4, -0.2) is 59.2 Å². The van der Waals surface area contributed by atoms with E-state index in [4.69, 9.17) is 18.9 Å². The fourth-order valence-corrected chi connectivity index (χ4v) is 2.78. The summed E-state index contributed by atoms with van der Waals surface area (Å²) < 4.78 is 22.1. The summed E-state index contributed by atoms with van der Waals surface area (Å²) in [4.78, 5) is 4.28. The molecule has 0 amide bonds. The van der Waals surface area contributed by atoms with Gasteiger partial charge in [-0.25, -0.2) is 0 Å². The molecule has 0 bridgehead atoms. The lowest BCUT2D eigenvalue weighted by atomic mass is 9.94. The molecule has 0 radical (unpaired) electrons. The van der Waals surface area contributed by atoms with Gasteiger partial charge in [-0.1, -0.05) is 0 Å². The Morgan fingerprint density at radius 2 is 2.00 bits per heavy atom. The zero-order chi connectivity index (χ0) is 18.1. The average molecular weight is 351 g/mol. The van der Waals surface area contributed by atoms with Gasteiger partial charge in [-0.2, -0.15) is 0 Å². The standard InChI is InChI=1S/C18H29N3O4/c1-5-25-15-7-6-14(12-16(15)22-3)21-17(19-2)20-13-18(23-4)8-10-24-11-9-18/h6-7,12H,5,8-11,13H2,1-4H3,(H2,19,20,21). The lowest BCUT2D eigenvalue weighted by molar-refractivity contribution is -0.0854.